The van der Waals surface area contributed by atoms with Gasteiger partial charge < -0.3 is 9.47 Å². The first-order valence-electron chi connectivity index (χ1n) is 7.80. The van der Waals surface area contributed by atoms with Crippen molar-refractivity contribution < 1.29 is 9.47 Å². The molecule has 0 unspecified atom stereocenters. The lowest BCUT2D eigenvalue weighted by Gasteiger charge is -2.56. The monoisotopic (exact) mass is 374 g/mol. The second-order valence-electron chi connectivity index (χ2n) is 7.07. The topological polar surface area (TPSA) is 18.5 Å². The van der Waals surface area contributed by atoms with Crippen LogP contribution in [0.3, 0.4) is 0 Å². The molecule has 0 bridgehead atoms. The van der Waals surface area contributed by atoms with Crippen molar-refractivity contribution in [3.8, 4) is 0 Å². The predicted molar refractivity (Wildman–Crippen MR) is 83.1 cm³/mol. The number of hydrogen-bond donors (Lipinski definition) is 0. The van der Waals surface area contributed by atoms with Gasteiger partial charge in [-0.05, 0) is 57.3 Å². The summed E-state index contributed by atoms with van der Waals surface area (Å²) in [6.45, 7) is 3.39. The van der Waals surface area contributed by atoms with Gasteiger partial charge in [-0.25, -0.2) is 0 Å². The average Bonchev–Trinajstić information content (AvgIpc) is 2.69. The van der Waals surface area contributed by atoms with Gasteiger partial charge in [-0.15, -0.1) is 0 Å². The zero-order valence-electron chi connectivity index (χ0n) is 11.7. The number of halogens is 1. The Labute approximate surface area is 129 Å². The number of allylic oxidation sites excluding steroid dienone is 1. The smallest absolute Gasteiger partial charge is 0.161 e. The molecule has 0 aromatic carbocycles. The highest BCUT2D eigenvalue weighted by Gasteiger charge is 2.66. The predicted octanol–water partition coefficient (Wildman–Crippen LogP) is 4.43. The van der Waals surface area contributed by atoms with E-state index in [0.717, 1.165) is 13.0 Å². The minimum atomic E-state index is 0.0897. The minimum absolute atomic E-state index is 0.0897. The van der Waals surface area contributed by atoms with Gasteiger partial charge in [0.2, 0.25) is 0 Å². The van der Waals surface area contributed by atoms with Crippen LogP contribution in [0.15, 0.2) is 9.66 Å². The summed E-state index contributed by atoms with van der Waals surface area (Å²) in [5.41, 5.74) is 0.704. The van der Waals surface area contributed by atoms with Crippen molar-refractivity contribution in [2.75, 3.05) is 6.61 Å². The molecule has 0 amide bonds. The van der Waals surface area contributed by atoms with Gasteiger partial charge >= 0.3 is 0 Å². The summed E-state index contributed by atoms with van der Waals surface area (Å²) in [5, 5.41) is 0. The maximum Gasteiger partial charge on any atom is 0.161 e. The van der Waals surface area contributed by atoms with Crippen LogP contribution in [0.25, 0.3) is 0 Å². The molecule has 2 heterocycles. The van der Waals surface area contributed by atoms with Crippen molar-refractivity contribution in [2.45, 2.75) is 64.3 Å². The lowest BCUT2D eigenvalue weighted by molar-refractivity contribution is -0.166. The summed E-state index contributed by atoms with van der Waals surface area (Å²) >= 11 is 2.52. The van der Waals surface area contributed by atoms with E-state index in [4.69, 9.17) is 9.47 Å². The molecular weight excluding hydrogens is 351 g/mol. The zero-order valence-corrected chi connectivity index (χ0v) is 13.8. The van der Waals surface area contributed by atoms with E-state index in [-0.39, 0.29) is 6.29 Å². The molecule has 0 radical (unpaired) electrons. The van der Waals surface area contributed by atoms with Gasteiger partial charge in [-0.1, -0.05) is 25.8 Å². The van der Waals surface area contributed by atoms with Crippen molar-refractivity contribution in [3.63, 3.8) is 0 Å². The molecule has 2 saturated heterocycles. The van der Waals surface area contributed by atoms with Gasteiger partial charge in [0.1, 0.15) is 0 Å². The van der Waals surface area contributed by atoms with Crippen LogP contribution in [-0.2, 0) is 9.47 Å². The molecule has 3 fully saturated rings. The van der Waals surface area contributed by atoms with E-state index >= 15 is 0 Å². The van der Waals surface area contributed by atoms with Crippen LogP contribution in [0, 0.1) is 16.7 Å². The maximum absolute atomic E-state index is 6.40. The Morgan fingerprint density at radius 1 is 1.26 bits per heavy atom. The van der Waals surface area contributed by atoms with E-state index in [1.807, 2.05) is 0 Å². The van der Waals surface area contributed by atoms with E-state index < -0.39 is 0 Å². The highest BCUT2D eigenvalue weighted by Crippen LogP contribution is 2.67. The summed E-state index contributed by atoms with van der Waals surface area (Å²) in [4.78, 5) is 0. The summed E-state index contributed by atoms with van der Waals surface area (Å²) in [5.74, 6) is 0.636. The Hall–Kier alpha value is 0.390. The van der Waals surface area contributed by atoms with Crippen LogP contribution in [0.1, 0.15) is 51.9 Å². The van der Waals surface area contributed by atoms with Gasteiger partial charge in [-0.3, -0.25) is 0 Å². The quantitative estimate of drug-likeness (QED) is 0.584. The molecule has 0 aromatic rings. The van der Waals surface area contributed by atoms with Crippen molar-refractivity contribution in [3.05, 3.63) is 9.66 Å². The van der Waals surface area contributed by atoms with Crippen molar-refractivity contribution in [1.29, 1.82) is 0 Å². The van der Waals surface area contributed by atoms with E-state index in [1.165, 1.54) is 42.1 Å². The number of ether oxygens (including phenoxy) is 2. The lowest BCUT2D eigenvalue weighted by atomic mass is 9.47. The van der Waals surface area contributed by atoms with Crippen molar-refractivity contribution >= 4 is 22.6 Å². The fraction of sp³-hybridized carbons (Fsp3) is 0.875. The molecule has 2 aliphatic heterocycles. The van der Waals surface area contributed by atoms with Gasteiger partial charge in [0.15, 0.2) is 6.29 Å². The molecule has 1 saturated carbocycles. The molecule has 19 heavy (non-hydrogen) atoms. The Bertz CT molecular complexity index is 421. The van der Waals surface area contributed by atoms with E-state index in [0.29, 0.717) is 22.9 Å². The molecule has 0 N–H and O–H groups in total. The zero-order chi connectivity index (χ0) is 13.1. The van der Waals surface area contributed by atoms with E-state index in [9.17, 15) is 0 Å². The third-order valence-corrected chi connectivity index (χ3v) is 7.01. The van der Waals surface area contributed by atoms with Crippen LogP contribution in [0.5, 0.6) is 0 Å². The van der Waals surface area contributed by atoms with Crippen LogP contribution in [0.2, 0.25) is 0 Å². The number of rotatable bonds is 0. The Morgan fingerprint density at radius 2 is 2.11 bits per heavy atom. The largest absolute Gasteiger partial charge is 0.352 e. The molecule has 4 aliphatic rings. The van der Waals surface area contributed by atoms with E-state index in [1.54, 1.807) is 0 Å². The molecule has 3 heteroatoms. The lowest BCUT2D eigenvalue weighted by Crippen LogP contribution is -2.54. The summed E-state index contributed by atoms with van der Waals surface area (Å²) in [6, 6.07) is 0. The maximum atomic E-state index is 6.40. The first-order chi connectivity index (χ1) is 9.16. The van der Waals surface area contributed by atoms with E-state index in [2.05, 4.69) is 35.6 Å². The molecule has 2 nitrogen and oxygen atoms in total. The fourth-order valence-corrected chi connectivity index (χ4v) is 6.58. The van der Waals surface area contributed by atoms with Crippen molar-refractivity contribution in [2.24, 2.45) is 16.7 Å². The molecular formula is C16H23IO2. The average molecular weight is 374 g/mol. The van der Waals surface area contributed by atoms with Gasteiger partial charge in [0, 0.05) is 24.4 Å². The second-order valence-corrected chi connectivity index (χ2v) is 8.46. The molecule has 0 aromatic heterocycles. The summed E-state index contributed by atoms with van der Waals surface area (Å²) < 4.78 is 13.9. The van der Waals surface area contributed by atoms with Gasteiger partial charge in [-0.2, -0.15) is 0 Å². The van der Waals surface area contributed by atoms with Crippen LogP contribution in [0.4, 0.5) is 0 Å². The standard InChI is InChI=1S/C16H23IO2/c1-15-6-2-3-7-16(15)12-5-4-8-18-14(12)19-13(16)9-11(17)10-15/h10,12-14H,2-9H2,1H3/t12-,13-,14-,15+,16+/m0/s1. The van der Waals surface area contributed by atoms with Gasteiger partial charge in [0.05, 0.1) is 6.10 Å². The highest BCUT2D eigenvalue weighted by molar-refractivity contribution is 14.1. The molecule has 5 atom stereocenters. The Balaban J connectivity index is 1.82. The van der Waals surface area contributed by atoms with Crippen molar-refractivity contribution in [1.82, 2.24) is 0 Å². The Morgan fingerprint density at radius 3 is 3.00 bits per heavy atom. The van der Waals surface area contributed by atoms with Crippen LogP contribution in [-0.4, -0.2) is 19.0 Å². The number of fused-ring (bicyclic) bond motifs is 1. The summed E-state index contributed by atoms with van der Waals surface area (Å²) in [7, 11) is 0. The summed E-state index contributed by atoms with van der Waals surface area (Å²) in [6.07, 6.45) is 12.2. The number of hydrogen-bond acceptors (Lipinski definition) is 2. The first kappa shape index (κ1) is 13.1. The molecule has 1 spiro atoms. The third kappa shape index (κ3) is 1.67. The molecule has 106 valence electrons. The fourth-order valence-electron chi connectivity index (χ4n) is 5.50. The minimum Gasteiger partial charge on any atom is -0.352 e. The van der Waals surface area contributed by atoms with Crippen LogP contribution < -0.4 is 0 Å². The second kappa shape index (κ2) is 4.44. The van der Waals surface area contributed by atoms with Gasteiger partial charge in [0.25, 0.3) is 0 Å². The van der Waals surface area contributed by atoms with Crippen LogP contribution >= 0.6 is 22.6 Å². The normalized spacial score (nSPS) is 52.9. The first-order valence-corrected chi connectivity index (χ1v) is 8.88. The Kier molecular flexibility index (Phi) is 3.06. The third-order valence-electron chi connectivity index (χ3n) is 6.26. The molecule has 2 aliphatic carbocycles. The SMILES string of the molecule is C[C@@]12C=C(I)C[C@@H]3O[C@@H]4OCCC[C@@H]4[C@]31CCCC2. The molecule has 4 rings (SSSR count). The highest BCUT2D eigenvalue weighted by atomic mass is 127.